The van der Waals surface area contributed by atoms with Gasteiger partial charge in [-0.3, -0.25) is 9.59 Å². The first-order chi connectivity index (χ1) is 13.1. The molecule has 0 aliphatic carbocycles. The second-order valence-electron chi connectivity index (χ2n) is 6.55. The predicted octanol–water partition coefficient (Wildman–Crippen LogP) is 1.39. The molecule has 0 atom stereocenters. The van der Waals surface area contributed by atoms with E-state index in [1.807, 2.05) is 12.1 Å². The third-order valence-electron chi connectivity index (χ3n) is 4.82. The number of aliphatic carboxylic acids is 1. The van der Waals surface area contributed by atoms with Crippen LogP contribution in [0.25, 0.3) is 16.4 Å². The number of hydrogen-bond acceptors (Lipinski definition) is 6. The first kappa shape index (κ1) is 17.1. The Hall–Kier alpha value is -3.36. The van der Waals surface area contributed by atoms with Gasteiger partial charge in [-0.05, 0) is 37.5 Å². The molecule has 9 heteroatoms. The molecule has 1 saturated heterocycles. The lowest BCUT2D eigenvalue weighted by molar-refractivity contribution is -0.135. The third-order valence-corrected chi connectivity index (χ3v) is 4.82. The number of amides is 1. The quantitative estimate of drug-likeness (QED) is 0.636. The van der Waals surface area contributed by atoms with E-state index in [-0.39, 0.29) is 11.4 Å². The van der Waals surface area contributed by atoms with Crippen molar-refractivity contribution in [3.63, 3.8) is 0 Å². The van der Waals surface area contributed by atoms with Crippen LogP contribution in [0.3, 0.4) is 0 Å². The van der Waals surface area contributed by atoms with E-state index in [2.05, 4.69) is 20.3 Å². The van der Waals surface area contributed by atoms with Crippen LogP contribution in [-0.2, 0) is 4.79 Å². The molecule has 1 aromatic carbocycles. The van der Waals surface area contributed by atoms with E-state index in [1.165, 1.54) is 17.3 Å². The van der Waals surface area contributed by atoms with Gasteiger partial charge in [0.15, 0.2) is 17.1 Å². The maximum absolute atomic E-state index is 12.4. The molecule has 0 radical (unpaired) electrons. The molecule has 0 spiro atoms. The van der Waals surface area contributed by atoms with Gasteiger partial charge in [-0.2, -0.15) is 5.10 Å². The number of rotatable bonds is 4. The Labute approximate surface area is 154 Å². The molecule has 3 heterocycles. The standard InChI is InChI=1S/C18H19N5O4/c24-14(25)9-19-18(27)15-16(26)12-5-4-11(22-6-2-1-3-7-22)8-13(12)17-20-10-21-23(15)17/h4-5,8,10,26H,1-3,6-7,9H2,(H,19,27)(H,24,25). The van der Waals surface area contributed by atoms with Gasteiger partial charge in [-0.1, -0.05) is 0 Å². The fraction of sp³-hybridized carbons (Fsp3) is 0.333. The summed E-state index contributed by atoms with van der Waals surface area (Å²) in [6, 6.07) is 5.62. The van der Waals surface area contributed by atoms with Crippen molar-refractivity contribution in [1.82, 2.24) is 19.9 Å². The Kier molecular flexibility index (Phi) is 4.27. The molecule has 140 valence electrons. The summed E-state index contributed by atoms with van der Waals surface area (Å²) < 4.78 is 1.24. The van der Waals surface area contributed by atoms with Gasteiger partial charge in [0.25, 0.3) is 5.91 Å². The molecule has 1 aliphatic rings. The van der Waals surface area contributed by atoms with Gasteiger partial charge in [0, 0.05) is 29.5 Å². The highest BCUT2D eigenvalue weighted by molar-refractivity contribution is 6.07. The lowest BCUT2D eigenvalue weighted by Crippen LogP contribution is -2.31. The van der Waals surface area contributed by atoms with Gasteiger partial charge in [0.1, 0.15) is 12.9 Å². The number of carboxylic acid groups (broad SMARTS) is 1. The van der Waals surface area contributed by atoms with Crippen molar-refractivity contribution in [2.45, 2.75) is 19.3 Å². The summed E-state index contributed by atoms with van der Waals surface area (Å²) in [5.41, 5.74) is 1.33. The second-order valence-corrected chi connectivity index (χ2v) is 6.55. The second kappa shape index (κ2) is 6.75. The van der Waals surface area contributed by atoms with E-state index in [9.17, 15) is 14.7 Å². The smallest absolute Gasteiger partial charge is 0.322 e. The maximum atomic E-state index is 12.4. The van der Waals surface area contributed by atoms with Crippen LogP contribution in [0.4, 0.5) is 5.69 Å². The molecular formula is C18H19N5O4. The molecule has 0 unspecified atom stereocenters. The topological polar surface area (TPSA) is 120 Å². The van der Waals surface area contributed by atoms with E-state index >= 15 is 0 Å². The van der Waals surface area contributed by atoms with E-state index < -0.39 is 18.4 Å². The molecule has 0 saturated carbocycles. The number of carbonyl (C=O) groups excluding carboxylic acids is 1. The van der Waals surface area contributed by atoms with Crippen molar-refractivity contribution < 1.29 is 19.8 Å². The Balaban J connectivity index is 1.84. The average molecular weight is 369 g/mol. The molecule has 0 bridgehead atoms. The molecule has 3 N–H and O–H groups in total. The molecule has 2 aromatic heterocycles. The van der Waals surface area contributed by atoms with Crippen LogP contribution in [0.5, 0.6) is 5.75 Å². The lowest BCUT2D eigenvalue weighted by atomic mass is 10.1. The van der Waals surface area contributed by atoms with Gasteiger partial charge in [0.05, 0.1) is 0 Å². The Morgan fingerprint density at radius 3 is 2.67 bits per heavy atom. The molecule has 9 nitrogen and oxygen atoms in total. The van der Waals surface area contributed by atoms with E-state index in [0.29, 0.717) is 16.4 Å². The zero-order chi connectivity index (χ0) is 19.0. The molecular weight excluding hydrogens is 350 g/mol. The van der Waals surface area contributed by atoms with Gasteiger partial charge < -0.3 is 20.4 Å². The van der Waals surface area contributed by atoms with Crippen LogP contribution in [0, 0.1) is 0 Å². The highest BCUT2D eigenvalue weighted by Gasteiger charge is 2.23. The summed E-state index contributed by atoms with van der Waals surface area (Å²) in [5, 5.41) is 26.9. The van der Waals surface area contributed by atoms with E-state index in [4.69, 9.17) is 5.11 Å². The van der Waals surface area contributed by atoms with Crippen LogP contribution in [0.2, 0.25) is 0 Å². The average Bonchev–Trinajstić information content (AvgIpc) is 3.16. The van der Waals surface area contributed by atoms with Gasteiger partial charge in [0.2, 0.25) is 0 Å². The SMILES string of the molecule is O=C(O)CNC(=O)c1c(O)c2ccc(N3CCCCC3)cc2c2ncnn12. The number of aromatic nitrogens is 3. The molecule has 1 fully saturated rings. The highest BCUT2D eigenvalue weighted by Crippen LogP contribution is 2.34. The number of carbonyl (C=O) groups is 2. The molecule has 27 heavy (non-hydrogen) atoms. The number of benzene rings is 1. The maximum Gasteiger partial charge on any atom is 0.322 e. The molecule has 1 aliphatic heterocycles. The number of carboxylic acids is 1. The monoisotopic (exact) mass is 369 g/mol. The van der Waals surface area contributed by atoms with Crippen molar-refractivity contribution in [2.75, 3.05) is 24.5 Å². The third kappa shape index (κ3) is 3.01. The zero-order valence-electron chi connectivity index (χ0n) is 14.6. The molecule has 3 aromatic rings. The first-order valence-electron chi connectivity index (χ1n) is 8.79. The Bertz CT molecular complexity index is 1040. The van der Waals surface area contributed by atoms with Crippen molar-refractivity contribution in [3.05, 3.63) is 30.2 Å². The van der Waals surface area contributed by atoms with Gasteiger partial charge in [-0.15, -0.1) is 0 Å². The fourth-order valence-corrected chi connectivity index (χ4v) is 3.53. The number of aromatic hydroxyl groups is 1. The van der Waals surface area contributed by atoms with Crippen LogP contribution in [0.1, 0.15) is 29.8 Å². The van der Waals surface area contributed by atoms with Crippen LogP contribution < -0.4 is 10.2 Å². The number of nitrogens with one attached hydrogen (secondary N) is 1. The number of hydrogen-bond donors (Lipinski definition) is 3. The summed E-state index contributed by atoms with van der Waals surface area (Å²) in [6.45, 7) is 1.41. The minimum Gasteiger partial charge on any atom is -0.505 e. The van der Waals surface area contributed by atoms with E-state index in [1.54, 1.807) is 6.07 Å². The first-order valence-corrected chi connectivity index (χ1v) is 8.79. The molecule has 4 rings (SSSR count). The number of pyridine rings is 1. The number of nitrogens with zero attached hydrogens (tertiary/aromatic N) is 4. The highest BCUT2D eigenvalue weighted by atomic mass is 16.4. The summed E-state index contributed by atoms with van der Waals surface area (Å²) in [5.74, 6) is -2.16. The summed E-state index contributed by atoms with van der Waals surface area (Å²) >= 11 is 0. The van der Waals surface area contributed by atoms with Crippen molar-refractivity contribution in [1.29, 1.82) is 0 Å². The van der Waals surface area contributed by atoms with Gasteiger partial charge >= 0.3 is 5.97 Å². The predicted molar refractivity (Wildman–Crippen MR) is 98.2 cm³/mol. The summed E-state index contributed by atoms with van der Waals surface area (Å²) in [7, 11) is 0. The Morgan fingerprint density at radius 1 is 1.15 bits per heavy atom. The minimum absolute atomic E-state index is 0.137. The van der Waals surface area contributed by atoms with Crippen molar-refractivity contribution >= 4 is 34.0 Å². The number of fused-ring (bicyclic) bond motifs is 3. The van der Waals surface area contributed by atoms with Crippen molar-refractivity contribution in [2.24, 2.45) is 0 Å². The fourth-order valence-electron chi connectivity index (χ4n) is 3.53. The van der Waals surface area contributed by atoms with E-state index in [0.717, 1.165) is 31.6 Å². The van der Waals surface area contributed by atoms with Crippen LogP contribution in [0.15, 0.2) is 24.5 Å². The number of anilines is 1. The summed E-state index contributed by atoms with van der Waals surface area (Å²) in [4.78, 5) is 29.7. The van der Waals surface area contributed by atoms with Crippen LogP contribution >= 0.6 is 0 Å². The van der Waals surface area contributed by atoms with Gasteiger partial charge in [-0.25, -0.2) is 9.50 Å². The number of piperidine rings is 1. The zero-order valence-corrected chi connectivity index (χ0v) is 14.6. The lowest BCUT2D eigenvalue weighted by Gasteiger charge is -2.29. The molecule has 1 amide bonds. The Morgan fingerprint density at radius 2 is 1.93 bits per heavy atom. The van der Waals surface area contributed by atoms with Crippen molar-refractivity contribution in [3.8, 4) is 5.75 Å². The van der Waals surface area contributed by atoms with Crippen LogP contribution in [-0.4, -0.2) is 56.3 Å². The minimum atomic E-state index is -1.18. The normalized spacial score (nSPS) is 14.6. The summed E-state index contributed by atoms with van der Waals surface area (Å²) in [6.07, 6.45) is 4.82. The largest absolute Gasteiger partial charge is 0.505 e.